The fourth-order valence-electron chi connectivity index (χ4n) is 4.26. The molecule has 0 aromatic heterocycles. The number of fused-ring (bicyclic) bond motifs is 4. The van der Waals surface area contributed by atoms with E-state index in [1.807, 2.05) is 32.9 Å². The Morgan fingerprint density at radius 3 is 2.52 bits per heavy atom. The van der Waals surface area contributed by atoms with Gasteiger partial charge >= 0.3 is 5.97 Å². The highest BCUT2D eigenvalue weighted by Crippen LogP contribution is 2.67. The minimum atomic E-state index is -0.918. The molecular formula is C19H22O6. The summed E-state index contributed by atoms with van der Waals surface area (Å²) in [4.78, 5) is 25.9. The maximum atomic E-state index is 13.1. The third-order valence-electron chi connectivity index (χ3n) is 5.23. The first-order valence-corrected chi connectivity index (χ1v) is 8.48. The Hall–Kier alpha value is -1.92. The number of hydrogen-bond donors (Lipinski definition) is 0. The minimum Gasteiger partial charge on any atom is -0.497 e. The van der Waals surface area contributed by atoms with Gasteiger partial charge in [0.15, 0.2) is 5.78 Å². The number of carbonyl (C=O) groups excluding carboxylic acids is 2. The zero-order valence-corrected chi connectivity index (χ0v) is 14.8. The molecule has 1 aliphatic carbocycles. The molecular weight excluding hydrogens is 324 g/mol. The van der Waals surface area contributed by atoms with Crippen LogP contribution in [0.5, 0.6) is 5.75 Å². The Balaban J connectivity index is 1.74. The molecule has 0 amide bonds. The Labute approximate surface area is 146 Å². The fourth-order valence-corrected chi connectivity index (χ4v) is 4.26. The molecule has 1 aromatic carbocycles. The number of Topliss-reactive ketones (excluding diaryl/α,β-unsaturated/α-hetero) is 1. The summed E-state index contributed by atoms with van der Waals surface area (Å²) in [7, 11) is 1.59. The molecule has 0 unspecified atom stereocenters. The highest BCUT2D eigenvalue weighted by Gasteiger charge is 2.81. The molecule has 0 spiro atoms. The standard InChI is InChI=1S/C19H22O6/c1-18(2,3)25-16(21)14-13-12-9-23-17(24-12)15(20)19(13,14)10-5-7-11(22-4)8-6-10/h5-8,12-14,17H,9H2,1-4H3/t12-,13+,14-,17-,19+/m1/s1. The minimum absolute atomic E-state index is 0.188. The lowest BCUT2D eigenvalue weighted by Crippen LogP contribution is -2.41. The van der Waals surface area contributed by atoms with Crippen LogP contribution < -0.4 is 4.74 Å². The molecule has 2 bridgehead atoms. The van der Waals surface area contributed by atoms with Crippen molar-refractivity contribution in [3.05, 3.63) is 29.8 Å². The summed E-state index contributed by atoms with van der Waals surface area (Å²) in [5.41, 5.74) is -0.731. The zero-order chi connectivity index (χ0) is 18.0. The van der Waals surface area contributed by atoms with E-state index in [-0.39, 0.29) is 23.8 Å². The van der Waals surface area contributed by atoms with Crippen LogP contribution >= 0.6 is 0 Å². The van der Waals surface area contributed by atoms with Gasteiger partial charge in [-0.3, -0.25) is 9.59 Å². The van der Waals surface area contributed by atoms with Crippen molar-refractivity contribution >= 4 is 11.8 Å². The van der Waals surface area contributed by atoms with Crippen molar-refractivity contribution in [2.75, 3.05) is 13.7 Å². The van der Waals surface area contributed by atoms with Gasteiger partial charge in [0.05, 0.1) is 31.2 Å². The van der Waals surface area contributed by atoms with Gasteiger partial charge in [0.25, 0.3) is 0 Å². The van der Waals surface area contributed by atoms with E-state index in [9.17, 15) is 9.59 Å². The van der Waals surface area contributed by atoms with E-state index >= 15 is 0 Å². The van der Waals surface area contributed by atoms with Crippen LogP contribution in [0.1, 0.15) is 26.3 Å². The number of methoxy groups -OCH3 is 1. The van der Waals surface area contributed by atoms with Gasteiger partial charge < -0.3 is 18.9 Å². The van der Waals surface area contributed by atoms with Crippen LogP contribution in [-0.2, 0) is 29.2 Å². The summed E-state index contributed by atoms with van der Waals surface area (Å²) in [6.07, 6.45) is -1.15. The molecule has 1 saturated carbocycles. The van der Waals surface area contributed by atoms with Crippen LogP contribution in [0.4, 0.5) is 0 Å². The number of rotatable bonds is 3. The van der Waals surface area contributed by atoms with Crippen LogP contribution in [0.25, 0.3) is 0 Å². The van der Waals surface area contributed by atoms with E-state index in [1.165, 1.54) is 0 Å². The quantitative estimate of drug-likeness (QED) is 0.778. The maximum absolute atomic E-state index is 13.1. The fraction of sp³-hybridized carbons (Fsp3) is 0.579. The largest absolute Gasteiger partial charge is 0.497 e. The molecule has 6 nitrogen and oxygen atoms in total. The average Bonchev–Trinajstić information content (AvgIpc) is 3.09. The molecule has 5 atom stereocenters. The molecule has 3 fully saturated rings. The molecule has 6 heteroatoms. The molecule has 2 saturated heterocycles. The SMILES string of the molecule is COc1ccc([C@]23C(=O)[C@@H]4OC[C@@H](O4)[C@H]2[C@@H]3C(=O)OC(C)(C)C)cc1. The number of hydrogen-bond acceptors (Lipinski definition) is 6. The topological polar surface area (TPSA) is 71.1 Å². The van der Waals surface area contributed by atoms with E-state index in [0.29, 0.717) is 12.4 Å². The van der Waals surface area contributed by atoms with Gasteiger partial charge in [-0.2, -0.15) is 0 Å². The van der Waals surface area contributed by atoms with Gasteiger partial charge in [-0.1, -0.05) is 12.1 Å². The predicted octanol–water partition coefficient (Wildman–Crippen LogP) is 1.84. The van der Waals surface area contributed by atoms with Crippen molar-refractivity contribution in [3.63, 3.8) is 0 Å². The summed E-state index contributed by atoms with van der Waals surface area (Å²) in [5.74, 6) is -0.622. The molecule has 0 radical (unpaired) electrons. The first kappa shape index (κ1) is 16.5. The summed E-state index contributed by atoms with van der Waals surface area (Å²) < 4.78 is 21.9. The van der Waals surface area contributed by atoms with Crippen LogP contribution in [0.15, 0.2) is 24.3 Å². The van der Waals surface area contributed by atoms with Crippen molar-refractivity contribution in [1.82, 2.24) is 0 Å². The lowest BCUT2D eigenvalue weighted by Gasteiger charge is -2.25. The van der Waals surface area contributed by atoms with Gasteiger partial charge in [0, 0.05) is 5.92 Å². The van der Waals surface area contributed by atoms with E-state index in [0.717, 1.165) is 5.56 Å². The van der Waals surface area contributed by atoms with Gasteiger partial charge in [-0.15, -0.1) is 0 Å². The highest BCUT2D eigenvalue weighted by atomic mass is 16.7. The van der Waals surface area contributed by atoms with Crippen molar-refractivity contribution in [1.29, 1.82) is 0 Å². The smallest absolute Gasteiger partial charge is 0.311 e. The Bertz CT molecular complexity index is 718. The lowest BCUT2D eigenvalue weighted by molar-refractivity contribution is -0.159. The highest BCUT2D eigenvalue weighted by molar-refractivity contribution is 6.04. The summed E-state index contributed by atoms with van der Waals surface area (Å²) in [5, 5.41) is 0. The molecule has 4 rings (SSSR count). The van der Waals surface area contributed by atoms with Crippen molar-refractivity contribution in [2.24, 2.45) is 11.8 Å². The molecule has 25 heavy (non-hydrogen) atoms. The van der Waals surface area contributed by atoms with E-state index < -0.39 is 23.2 Å². The monoisotopic (exact) mass is 346 g/mol. The van der Waals surface area contributed by atoms with E-state index in [1.54, 1.807) is 19.2 Å². The molecule has 2 aliphatic heterocycles. The maximum Gasteiger partial charge on any atom is 0.311 e. The Morgan fingerprint density at radius 2 is 1.92 bits per heavy atom. The average molecular weight is 346 g/mol. The van der Waals surface area contributed by atoms with Crippen LogP contribution in [0.3, 0.4) is 0 Å². The second kappa shape index (κ2) is 5.29. The molecule has 0 N–H and O–H groups in total. The first-order chi connectivity index (χ1) is 11.8. The van der Waals surface area contributed by atoms with Crippen molar-refractivity contribution in [2.45, 2.75) is 44.2 Å². The molecule has 1 aromatic rings. The van der Waals surface area contributed by atoms with Gasteiger partial charge in [0.1, 0.15) is 11.4 Å². The summed E-state index contributed by atoms with van der Waals surface area (Å²) >= 11 is 0. The summed E-state index contributed by atoms with van der Waals surface area (Å²) in [6.45, 7) is 5.80. The third-order valence-corrected chi connectivity index (χ3v) is 5.23. The van der Waals surface area contributed by atoms with Crippen LogP contribution in [-0.4, -0.2) is 43.5 Å². The lowest BCUT2D eigenvalue weighted by atomic mass is 9.85. The molecule has 134 valence electrons. The molecule has 3 aliphatic rings. The number of benzene rings is 1. The van der Waals surface area contributed by atoms with Gasteiger partial charge in [0.2, 0.25) is 6.29 Å². The number of carbonyl (C=O) groups is 2. The normalized spacial score (nSPS) is 35.9. The summed E-state index contributed by atoms with van der Waals surface area (Å²) in [6, 6.07) is 7.30. The zero-order valence-electron chi connectivity index (χ0n) is 14.8. The van der Waals surface area contributed by atoms with Crippen LogP contribution in [0.2, 0.25) is 0 Å². The van der Waals surface area contributed by atoms with Crippen LogP contribution in [0, 0.1) is 11.8 Å². The number of ether oxygens (including phenoxy) is 4. The van der Waals surface area contributed by atoms with E-state index in [4.69, 9.17) is 18.9 Å². The van der Waals surface area contributed by atoms with Crippen molar-refractivity contribution in [3.8, 4) is 5.75 Å². The van der Waals surface area contributed by atoms with E-state index in [2.05, 4.69) is 0 Å². The Morgan fingerprint density at radius 1 is 1.24 bits per heavy atom. The number of ketones is 1. The third kappa shape index (κ3) is 2.31. The second-order valence-electron chi connectivity index (χ2n) is 7.84. The molecule has 2 heterocycles. The number of esters is 1. The van der Waals surface area contributed by atoms with Gasteiger partial charge in [-0.25, -0.2) is 0 Å². The first-order valence-electron chi connectivity index (χ1n) is 8.48. The van der Waals surface area contributed by atoms with Gasteiger partial charge in [-0.05, 0) is 38.5 Å². The second-order valence-corrected chi connectivity index (χ2v) is 7.84. The predicted molar refractivity (Wildman–Crippen MR) is 87.1 cm³/mol. The van der Waals surface area contributed by atoms with Crippen molar-refractivity contribution < 1.29 is 28.5 Å². The Kier molecular flexibility index (Phi) is 3.50.